The average Bonchev–Trinajstić information content (AvgIpc) is 2.93. The lowest BCUT2D eigenvalue weighted by Gasteiger charge is -1.99. The number of halogens is 1. The lowest BCUT2D eigenvalue weighted by molar-refractivity contribution is 0.415. The topological polar surface area (TPSA) is 81.5 Å². The number of methoxy groups -OCH3 is 1. The number of nitriles is 2. The zero-order valence-corrected chi connectivity index (χ0v) is 19.0. The summed E-state index contributed by atoms with van der Waals surface area (Å²) in [5.74, 6) is 0.549. The quantitative estimate of drug-likeness (QED) is 0.308. The van der Waals surface area contributed by atoms with Crippen molar-refractivity contribution in [3.05, 3.63) is 125 Å². The van der Waals surface area contributed by atoms with Gasteiger partial charge in [-0.3, -0.25) is 9.98 Å². The first kappa shape index (κ1) is 24.6. The molecule has 4 aromatic rings. The molecular formula is C29H21FN4O. The first-order chi connectivity index (χ1) is 17.1. The second-order valence-corrected chi connectivity index (χ2v) is 7.16. The van der Waals surface area contributed by atoms with Gasteiger partial charge >= 0.3 is 0 Å². The number of ether oxygens (including phenoxy) is 1. The molecule has 4 aromatic carbocycles. The molecule has 6 heteroatoms. The molecule has 0 bridgehead atoms. The Morgan fingerprint density at radius 2 is 1.03 bits per heavy atom. The number of nitrogens with zero attached hydrogens (tertiary/aromatic N) is 4. The molecule has 0 radical (unpaired) electrons. The van der Waals surface area contributed by atoms with Crippen LogP contribution in [0.15, 0.2) is 107 Å². The highest BCUT2D eigenvalue weighted by atomic mass is 19.1. The number of aliphatic imine (C=N–C) groups is 2. The van der Waals surface area contributed by atoms with Gasteiger partial charge in [0, 0.05) is 12.4 Å². The fraction of sp³-hybridized carbons (Fsp3) is 0.0345. The minimum absolute atomic E-state index is 0.263. The Labute approximate surface area is 203 Å². The summed E-state index contributed by atoms with van der Waals surface area (Å²) in [6.07, 6.45) is 3.42. The summed E-state index contributed by atoms with van der Waals surface area (Å²) in [5.41, 5.74) is 4.66. The molecule has 0 N–H and O–H groups in total. The van der Waals surface area contributed by atoms with Gasteiger partial charge in [-0.1, -0.05) is 24.3 Å². The lowest BCUT2D eigenvalue weighted by atomic mass is 10.2. The molecule has 5 nitrogen and oxygen atoms in total. The van der Waals surface area contributed by atoms with Crippen LogP contribution in [0.5, 0.6) is 5.75 Å². The Morgan fingerprint density at radius 3 is 1.46 bits per heavy atom. The summed E-state index contributed by atoms with van der Waals surface area (Å²) in [5, 5.41) is 17.3. The van der Waals surface area contributed by atoms with E-state index in [-0.39, 0.29) is 5.82 Å². The van der Waals surface area contributed by atoms with E-state index < -0.39 is 0 Å². The van der Waals surface area contributed by atoms with Gasteiger partial charge in [0.25, 0.3) is 0 Å². The van der Waals surface area contributed by atoms with Crippen molar-refractivity contribution in [3.8, 4) is 17.9 Å². The van der Waals surface area contributed by atoms with Gasteiger partial charge in [0.05, 0.1) is 41.7 Å². The van der Waals surface area contributed by atoms with Crippen LogP contribution in [0.1, 0.15) is 22.3 Å². The maximum Gasteiger partial charge on any atom is 0.123 e. The van der Waals surface area contributed by atoms with Gasteiger partial charge in [-0.25, -0.2) is 4.39 Å². The Balaban J connectivity index is 0.000000196. The molecule has 0 heterocycles. The van der Waals surface area contributed by atoms with Crippen molar-refractivity contribution in [2.45, 2.75) is 0 Å². The van der Waals surface area contributed by atoms with E-state index in [1.807, 2.05) is 42.5 Å². The molecular weight excluding hydrogens is 439 g/mol. The summed E-state index contributed by atoms with van der Waals surface area (Å²) in [7, 11) is 1.63. The second-order valence-electron chi connectivity index (χ2n) is 7.16. The molecule has 170 valence electrons. The van der Waals surface area contributed by atoms with Crippen LogP contribution < -0.4 is 4.74 Å². The normalized spacial score (nSPS) is 10.3. The van der Waals surface area contributed by atoms with Crippen LogP contribution in [-0.4, -0.2) is 19.5 Å². The summed E-state index contributed by atoms with van der Waals surface area (Å²) >= 11 is 0. The molecule has 0 aliphatic carbocycles. The predicted molar refractivity (Wildman–Crippen MR) is 136 cm³/mol. The first-order valence-electron chi connectivity index (χ1n) is 10.6. The second kappa shape index (κ2) is 12.8. The predicted octanol–water partition coefficient (Wildman–Crippen LogP) is 6.77. The van der Waals surface area contributed by atoms with E-state index in [0.29, 0.717) is 11.1 Å². The third-order valence-electron chi connectivity index (χ3n) is 4.70. The smallest absolute Gasteiger partial charge is 0.123 e. The summed E-state index contributed by atoms with van der Waals surface area (Å²) in [6.45, 7) is 0. The maximum absolute atomic E-state index is 12.7. The molecule has 0 amide bonds. The third kappa shape index (κ3) is 8.09. The van der Waals surface area contributed by atoms with Crippen molar-refractivity contribution in [3.63, 3.8) is 0 Å². The van der Waals surface area contributed by atoms with Crippen LogP contribution >= 0.6 is 0 Å². The molecule has 0 aliphatic heterocycles. The van der Waals surface area contributed by atoms with E-state index in [1.165, 1.54) is 12.1 Å². The van der Waals surface area contributed by atoms with E-state index >= 15 is 0 Å². The van der Waals surface area contributed by atoms with Crippen molar-refractivity contribution in [1.82, 2.24) is 0 Å². The van der Waals surface area contributed by atoms with Crippen LogP contribution in [0.4, 0.5) is 15.8 Å². The standard InChI is InChI=1S/C15H12N2O.C14H9FN2/c1-18-15-8-6-14(7-9-15)17-11-13-4-2-12(10-16)3-5-13;15-13-5-1-12(2-6-13)10-17-14-7-3-11(9-16)4-8-14/h2-9,11H,1H3;1-8,10H. The molecule has 0 atom stereocenters. The SMILES string of the molecule is COc1ccc(N=Cc2ccc(C#N)cc2)cc1.N#Cc1ccc(N=Cc2ccc(F)cc2)cc1. The van der Waals surface area contributed by atoms with Crippen molar-refractivity contribution in [1.29, 1.82) is 10.5 Å². The summed E-state index contributed by atoms with van der Waals surface area (Å²) in [4.78, 5) is 8.57. The van der Waals surface area contributed by atoms with Crippen molar-refractivity contribution in [2.75, 3.05) is 7.11 Å². The highest BCUT2D eigenvalue weighted by Gasteiger charge is 1.94. The van der Waals surface area contributed by atoms with Crippen molar-refractivity contribution >= 4 is 23.8 Å². The van der Waals surface area contributed by atoms with Gasteiger partial charge in [0.2, 0.25) is 0 Å². The van der Waals surface area contributed by atoms with Crippen molar-refractivity contribution < 1.29 is 9.13 Å². The molecule has 35 heavy (non-hydrogen) atoms. The Bertz CT molecular complexity index is 1360. The number of hydrogen-bond acceptors (Lipinski definition) is 5. The molecule has 0 unspecified atom stereocenters. The van der Waals surface area contributed by atoms with Crippen molar-refractivity contribution in [2.24, 2.45) is 9.98 Å². The van der Waals surface area contributed by atoms with Gasteiger partial charge in [-0.15, -0.1) is 0 Å². The minimum atomic E-state index is -0.263. The first-order valence-corrected chi connectivity index (χ1v) is 10.6. The monoisotopic (exact) mass is 460 g/mol. The average molecular weight is 461 g/mol. The summed E-state index contributed by atoms with van der Waals surface area (Å²) in [6, 6.07) is 31.9. The number of rotatable bonds is 5. The Morgan fingerprint density at radius 1 is 0.629 bits per heavy atom. The van der Waals surface area contributed by atoms with Crippen LogP contribution in [0, 0.1) is 28.5 Å². The maximum atomic E-state index is 12.7. The largest absolute Gasteiger partial charge is 0.497 e. The molecule has 4 rings (SSSR count). The zero-order valence-electron chi connectivity index (χ0n) is 19.0. The van der Waals surface area contributed by atoms with Crippen LogP contribution in [0.25, 0.3) is 0 Å². The van der Waals surface area contributed by atoms with Gasteiger partial charge in [-0.05, 0) is 83.9 Å². The van der Waals surface area contributed by atoms with Crippen LogP contribution in [-0.2, 0) is 0 Å². The highest BCUT2D eigenvalue weighted by Crippen LogP contribution is 2.17. The molecule has 0 saturated carbocycles. The zero-order chi connectivity index (χ0) is 24.9. The third-order valence-corrected chi connectivity index (χ3v) is 4.70. The van der Waals surface area contributed by atoms with E-state index in [1.54, 1.807) is 68.1 Å². The highest BCUT2D eigenvalue weighted by molar-refractivity contribution is 5.82. The van der Waals surface area contributed by atoms with E-state index in [2.05, 4.69) is 16.1 Å². The molecule has 0 spiro atoms. The molecule has 0 aromatic heterocycles. The van der Waals surface area contributed by atoms with E-state index in [9.17, 15) is 4.39 Å². The van der Waals surface area contributed by atoms with E-state index in [0.717, 1.165) is 28.3 Å². The minimum Gasteiger partial charge on any atom is -0.497 e. The van der Waals surface area contributed by atoms with E-state index in [4.69, 9.17) is 15.3 Å². The van der Waals surface area contributed by atoms with Gasteiger partial charge in [-0.2, -0.15) is 10.5 Å². The molecule has 0 saturated heterocycles. The van der Waals surface area contributed by atoms with Crippen LogP contribution in [0.2, 0.25) is 0 Å². The summed E-state index contributed by atoms with van der Waals surface area (Å²) < 4.78 is 17.7. The van der Waals surface area contributed by atoms with Gasteiger partial charge in [0.1, 0.15) is 11.6 Å². The number of benzene rings is 4. The van der Waals surface area contributed by atoms with Crippen LogP contribution in [0.3, 0.4) is 0 Å². The molecule has 0 fully saturated rings. The fourth-order valence-corrected chi connectivity index (χ4v) is 2.78. The van der Waals surface area contributed by atoms with Gasteiger partial charge < -0.3 is 4.74 Å². The van der Waals surface area contributed by atoms with Gasteiger partial charge in [0.15, 0.2) is 0 Å². The lowest BCUT2D eigenvalue weighted by Crippen LogP contribution is -1.82. The molecule has 0 aliphatic rings. The Hall–Kier alpha value is -5.07. The number of hydrogen-bond donors (Lipinski definition) is 0. The Kier molecular flexibility index (Phi) is 9.01. The fourth-order valence-electron chi connectivity index (χ4n) is 2.78.